The third-order valence-electron chi connectivity index (χ3n) is 6.66. The Kier molecular flexibility index (Phi) is 4.91. The van der Waals surface area contributed by atoms with E-state index in [0.29, 0.717) is 6.04 Å². The van der Waals surface area contributed by atoms with Gasteiger partial charge in [0.1, 0.15) is 5.65 Å². The fourth-order valence-corrected chi connectivity index (χ4v) is 4.68. The number of aryl methyl sites for hydroxylation is 1. The monoisotopic (exact) mass is 430 g/mol. The molecule has 5 aromatic rings. The van der Waals surface area contributed by atoms with Crippen LogP contribution < -0.4 is 5.32 Å². The summed E-state index contributed by atoms with van der Waals surface area (Å²) < 4.78 is 2.21. The average Bonchev–Trinajstić information content (AvgIpc) is 3.14. The van der Waals surface area contributed by atoms with E-state index in [0.717, 1.165) is 28.1 Å². The number of rotatable bonds is 5. The second kappa shape index (κ2) is 8.21. The maximum atomic E-state index is 4.99. The number of nitrogens with zero attached hydrogens (tertiary/aromatic N) is 3. The SMILES string of the molecule is Cn1c(-c2ccc(NC3CCC3)cc2)c(-c2ccccc2)c2cnc(-c3ccccc3)nc21. The molecule has 1 aliphatic rings. The van der Waals surface area contributed by atoms with Crippen LogP contribution in [-0.4, -0.2) is 20.6 Å². The van der Waals surface area contributed by atoms with E-state index in [9.17, 15) is 0 Å². The molecule has 4 heteroatoms. The number of fused-ring (bicyclic) bond motifs is 1. The first-order valence-electron chi connectivity index (χ1n) is 11.6. The Morgan fingerprint density at radius 1 is 0.788 bits per heavy atom. The molecule has 2 aromatic heterocycles. The van der Waals surface area contributed by atoms with E-state index < -0.39 is 0 Å². The number of aromatic nitrogens is 3. The molecule has 4 nitrogen and oxygen atoms in total. The molecule has 33 heavy (non-hydrogen) atoms. The molecule has 1 saturated carbocycles. The van der Waals surface area contributed by atoms with Crippen molar-refractivity contribution in [3.63, 3.8) is 0 Å². The maximum Gasteiger partial charge on any atom is 0.161 e. The van der Waals surface area contributed by atoms with Crippen molar-refractivity contribution < 1.29 is 0 Å². The van der Waals surface area contributed by atoms with Gasteiger partial charge in [-0.1, -0.05) is 72.8 Å². The Morgan fingerprint density at radius 2 is 1.45 bits per heavy atom. The zero-order valence-electron chi connectivity index (χ0n) is 18.7. The largest absolute Gasteiger partial charge is 0.382 e. The van der Waals surface area contributed by atoms with Gasteiger partial charge in [-0.3, -0.25) is 0 Å². The highest BCUT2D eigenvalue weighted by atomic mass is 15.1. The van der Waals surface area contributed by atoms with Crippen molar-refractivity contribution in [1.82, 2.24) is 14.5 Å². The average molecular weight is 431 g/mol. The normalized spacial score (nSPS) is 13.7. The highest BCUT2D eigenvalue weighted by Gasteiger charge is 2.21. The molecule has 0 radical (unpaired) electrons. The summed E-state index contributed by atoms with van der Waals surface area (Å²) in [6.07, 6.45) is 5.85. The van der Waals surface area contributed by atoms with E-state index in [-0.39, 0.29) is 0 Å². The van der Waals surface area contributed by atoms with Crippen molar-refractivity contribution >= 4 is 16.7 Å². The minimum absolute atomic E-state index is 0.625. The lowest BCUT2D eigenvalue weighted by Gasteiger charge is -2.27. The molecular weight excluding hydrogens is 404 g/mol. The van der Waals surface area contributed by atoms with Crippen LogP contribution in [0.25, 0.3) is 44.8 Å². The van der Waals surface area contributed by atoms with Gasteiger partial charge in [-0.25, -0.2) is 9.97 Å². The van der Waals surface area contributed by atoms with Crippen molar-refractivity contribution in [2.24, 2.45) is 7.05 Å². The Morgan fingerprint density at radius 3 is 2.09 bits per heavy atom. The quantitative estimate of drug-likeness (QED) is 0.329. The van der Waals surface area contributed by atoms with Crippen LogP contribution in [0.2, 0.25) is 0 Å². The zero-order valence-corrected chi connectivity index (χ0v) is 18.7. The Hall–Kier alpha value is -3.92. The van der Waals surface area contributed by atoms with Gasteiger partial charge in [0.05, 0.1) is 5.69 Å². The van der Waals surface area contributed by atoms with Crippen molar-refractivity contribution in [3.8, 4) is 33.8 Å². The van der Waals surface area contributed by atoms with Gasteiger partial charge in [0.15, 0.2) is 5.82 Å². The van der Waals surface area contributed by atoms with Gasteiger partial charge >= 0.3 is 0 Å². The van der Waals surface area contributed by atoms with Crippen LogP contribution in [-0.2, 0) is 7.05 Å². The summed E-state index contributed by atoms with van der Waals surface area (Å²) in [5.41, 5.74) is 7.83. The van der Waals surface area contributed by atoms with Crippen LogP contribution in [0.4, 0.5) is 5.69 Å². The van der Waals surface area contributed by atoms with Gasteiger partial charge in [-0.2, -0.15) is 0 Å². The van der Waals surface area contributed by atoms with Gasteiger partial charge in [-0.15, -0.1) is 0 Å². The van der Waals surface area contributed by atoms with Gasteiger partial charge < -0.3 is 9.88 Å². The summed E-state index contributed by atoms with van der Waals surface area (Å²) in [5, 5.41) is 4.71. The number of benzene rings is 3. The molecule has 162 valence electrons. The van der Waals surface area contributed by atoms with Gasteiger partial charge in [0.25, 0.3) is 0 Å². The van der Waals surface area contributed by atoms with Crippen LogP contribution in [0.5, 0.6) is 0 Å². The van der Waals surface area contributed by atoms with Crippen molar-refractivity contribution in [2.45, 2.75) is 25.3 Å². The minimum Gasteiger partial charge on any atom is -0.382 e. The molecule has 0 spiro atoms. The highest BCUT2D eigenvalue weighted by molar-refractivity contribution is 6.03. The molecule has 3 aromatic carbocycles. The molecule has 0 bridgehead atoms. The number of anilines is 1. The lowest BCUT2D eigenvalue weighted by Crippen LogP contribution is -2.26. The molecule has 0 atom stereocenters. The predicted molar refractivity (Wildman–Crippen MR) is 136 cm³/mol. The molecule has 1 N–H and O–H groups in total. The van der Waals surface area contributed by atoms with Crippen LogP contribution in [0.1, 0.15) is 19.3 Å². The number of hydrogen-bond acceptors (Lipinski definition) is 3. The number of nitrogens with one attached hydrogen (secondary N) is 1. The molecule has 1 fully saturated rings. The zero-order chi connectivity index (χ0) is 22.2. The van der Waals surface area contributed by atoms with Gasteiger partial charge in [0.2, 0.25) is 0 Å². The minimum atomic E-state index is 0.625. The highest BCUT2D eigenvalue weighted by Crippen LogP contribution is 2.40. The first-order chi connectivity index (χ1) is 16.3. The van der Waals surface area contributed by atoms with E-state index >= 15 is 0 Å². The Labute approximate surface area is 194 Å². The predicted octanol–water partition coefficient (Wildman–Crippen LogP) is 6.93. The third-order valence-corrected chi connectivity index (χ3v) is 6.66. The summed E-state index contributed by atoms with van der Waals surface area (Å²) in [4.78, 5) is 9.73. The molecule has 2 heterocycles. The topological polar surface area (TPSA) is 42.7 Å². The first kappa shape index (κ1) is 19.7. The van der Waals surface area contributed by atoms with E-state index in [1.165, 1.54) is 41.6 Å². The summed E-state index contributed by atoms with van der Waals surface area (Å²) >= 11 is 0. The maximum absolute atomic E-state index is 4.99. The van der Waals surface area contributed by atoms with Crippen LogP contribution in [0.15, 0.2) is 91.1 Å². The van der Waals surface area contributed by atoms with E-state index in [1.54, 1.807) is 0 Å². The summed E-state index contributed by atoms with van der Waals surface area (Å²) in [7, 11) is 2.10. The summed E-state index contributed by atoms with van der Waals surface area (Å²) in [6, 6.07) is 30.2. The lowest BCUT2D eigenvalue weighted by atomic mass is 9.93. The molecule has 0 saturated heterocycles. The number of hydrogen-bond donors (Lipinski definition) is 1. The summed E-state index contributed by atoms with van der Waals surface area (Å²) in [5.74, 6) is 0.745. The van der Waals surface area contributed by atoms with Crippen molar-refractivity contribution in [2.75, 3.05) is 5.32 Å². The molecular formula is C29H26N4. The van der Waals surface area contributed by atoms with Crippen LogP contribution >= 0.6 is 0 Å². The first-order valence-corrected chi connectivity index (χ1v) is 11.6. The summed E-state index contributed by atoms with van der Waals surface area (Å²) in [6.45, 7) is 0. The lowest BCUT2D eigenvalue weighted by molar-refractivity contribution is 0.445. The van der Waals surface area contributed by atoms with Gasteiger partial charge in [0, 0.05) is 41.5 Å². The Bertz CT molecular complexity index is 1400. The molecule has 0 aliphatic heterocycles. The molecule has 6 rings (SSSR count). The van der Waals surface area contributed by atoms with E-state index in [1.807, 2.05) is 24.4 Å². The fraction of sp³-hybridized carbons (Fsp3) is 0.172. The smallest absolute Gasteiger partial charge is 0.161 e. The Balaban J connectivity index is 1.51. The molecule has 0 amide bonds. The van der Waals surface area contributed by atoms with Gasteiger partial charge in [-0.05, 0) is 42.5 Å². The van der Waals surface area contributed by atoms with Crippen molar-refractivity contribution in [1.29, 1.82) is 0 Å². The third kappa shape index (κ3) is 3.58. The van der Waals surface area contributed by atoms with E-state index in [2.05, 4.69) is 83.7 Å². The molecule has 1 aliphatic carbocycles. The van der Waals surface area contributed by atoms with Crippen LogP contribution in [0.3, 0.4) is 0 Å². The van der Waals surface area contributed by atoms with Crippen LogP contribution in [0, 0.1) is 0 Å². The van der Waals surface area contributed by atoms with E-state index in [4.69, 9.17) is 9.97 Å². The standard InChI is InChI=1S/C29H26N4/c1-33-27(21-15-17-24(18-16-21)31-23-13-8-14-23)26(20-9-4-2-5-10-20)25-19-30-28(32-29(25)33)22-11-6-3-7-12-22/h2-7,9-12,15-19,23,31H,8,13-14H2,1H3. The second-order valence-corrected chi connectivity index (χ2v) is 8.80. The van der Waals surface area contributed by atoms with Crippen molar-refractivity contribution in [3.05, 3.63) is 91.1 Å². The molecule has 0 unspecified atom stereocenters. The fourth-order valence-electron chi connectivity index (χ4n) is 4.68. The second-order valence-electron chi connectivity index (χ2n) is 8.80.